The topological polar surface area (TPSA) is 79.5 Å². The van der Waals surface area contributed by atoms with Crippen LogP contribution in [0.25, 0.3) is 0 Å². The highest BCUT2D eigenvalue weighted by Gasteiger charge is 2.08. The first kappa shape index (κ1) is 22.2. The Morgan fingerprint density at radius 3 is 2.19 bits per heavy atom. The maximum absolute atomic E-state index is 12.3. The van der Waals surface area contributed by atoms with Crippen LogP contribution in [0.4, 0.5) is 17.1 Å². The number of carbonyl (C=O) groups is 2. The Kier molecular flexibility index (Phi) is 7.90. The van der Waals surface area contributed by atoms with Gasteiger partial charge in [0, 0.05) is 17.8 Å². The van der Waals surface area contributed by atoms with E-state index in [0.29, 0.717) is 34.3 Å². The van der Waals surface area contributed by atoms with Gasteiger partial charge in [0.1, 0.15) is 11.5 Å². The van der Waals surface area contributed by atoms with Gasteiger partial charge in [-0.2, -0.15) is 0 Å². The predicted octanol–water partition coefficient (Wildman–Crippen LogP) is 5.92. The van der Waals surface area contributed by atoms with Crippen LogP contribution in [0.15, 0.2) is 72.8 Å². The Labute approximate surface area is 186 Å². The van der Waals surface area contributed by atoms with Gasteiger partial charge in [-0.25, -0.2) is 0 Å². The van der Waals surface area contributed by atoms with Gasteiger partial charge >= 0.3 is 0 Å². The molecule has 7 heteroatoms. The molecule has 6 nitrogen and oxygen atoms in total. The number of amides is 2. The van der Waals surface area contributed by atoms with E-state index >= 15 is 0 Å². The second-order valence-electron chi connectivity index (χ2n) is 6.83. The normalized spacial score (nSPS) is 10.3. The minimum absolute atomic E-state index is 0.0222. The molecule has 2 amide bonds. The Morgan fingerprint density at radius 1 is 0.839 bits per heavy atom. The van der Waals surface area contributed by atoms with Gasteiger partial charge < -0.3 is 20.7 Å². The molecule has 31 heavy (non-hydrogen) atoms. The van der Waals surface area contributed by atoms with E-state index in [1.165, 1.54) is 0 Å². The molecule has 0 radical (unpaired) electrons. The smallest absolute Gasteiger partial charge is 0.243 e. The van der Waals surface area contributed by atoms with Crippen molar-refractivity contribution in [2.45, 2.75) is 19.8 Å². The van der Waals surface area contributed by atoms with E-state index < -0.39 is 0 Å². The Hall–Kier alpha value is -3.51. The maximum Gasteiger partial charge on any atom is 0.243 e. The molecule has 0 unspecified atom stereocenters. The van der Waals surface area contributed by atoms with Crippen molar-refractivity contribution in [3.8, 4) is 11.5 Å². The lowest BCUT2D eigenvalue weighted by atomic mass is 10.2. The second kappa shape index (κ2) is 11.0. The van der Waals surface area contributed by atoms with Crippen LogP contribution in [-0.4, -0.2) is 18.4 Å². The van der Waals surface area contributed by atoms with Crippen LogP contribution in [0.3, 0.4) is 0 Å². The lowest BCUT2D eigenvalue weighted by Gasteiger charge is -2.12. The van der Waals surface area contributed by atoms with Crippen molar-refractivity contribution in [3.63, 3.8) is 0 Å². The van der Waals surface area contributed by atoms with Crippen molar-refractivity contribution < 1.29 is 14.3 Å². The zero-order valence-corrected chi connectivity index (χ0v) is 17.9. The number of anilines is 3. The molecule has 0 atom stereocenters. The summed E-state index contributed by atoms with van der Waals surface area (Å²) in [6, 6.07) is 21.7. The zero-order valence-electron chi connectivity index (χ0n) is 17.2. The van der Waals surface area contributed by atoms with Gasteiger partial charge in [0.25, 0.3) is 0 Å². The minimum Gasteiger partial charge on any atom is -0.457 e. The van der Waals surface area contributed by atoms with Gasteiger partial charge in [0.05, 0.1) is 17.3 Å². The summed E-state index contributed by atoms with van der Waals surface area (Å²) in [6.45, 7) is 1.96. The SMILES string of the molecule is CCCC(=O)Nc1ccc(Cl)c(NCC(=O)Nc2ccc(Oc3ccccc3)cc2)c1. The van der Waals surface area contributed by atoms with Gasteiger partial charge in [-0.3, -0.25) is 9.59 Å². The first-order chi connectivity index (χ1) is 15.0. The van der Waals surface area contributed by atoms with Crippen LogP contribution < -0.4 is 20.7 Å². The van der Waals surface area contributed by atoms with Crippen molar-refractivity contribution in [1.82, 2.24) is 0 Å². The number of benzene rings is 3. The van der Waals surface area contributed by atoms with Crippen molar-refractivity contribution in [2.24, 2.45) is 0 Å². The number of carbonyl (C=O) groups excluding carboxylic acids is 2. The molecule has 0 saturated heterocycles. The summed E-state index contributed by atoms with van der Waals surface area (Å²) >= 11 is 6.20. The molecular weight excluding hydrogens is 414 g/mol. The van der Waals surface area contributed by atoms with Crippen LogP contribution in [-0.2, 0) is 9.59 Å². The lowest BCUT2D eigenvalue weighted by Crippen LogP contribution is -2.22. The summed E-state index contributed by atoms with van der Waals surface area (Å²) in [6.07, 6.45) is 1.22. The first-order valence-corrected chi connectivity index (χ1v) is 10.4. The molecule has 0 saturated carbocycles. The Morgan fingerprint density at radius 2 is 1.48 bits per heavy atom. The van der Waals surface area contributed by atoms with Gasteiger partial charge in [0.15, 0.2) is 0 Å². The summed E-state index contributed by atoms with van der Waals surface area (Å²) in [5, 5.41) is 9.09. The summed E-state index contributed by atoms with van der Waals surface area (Å²) in [5.74, 6) is 1.13. The number of rotatable bonds is 9. The number of halogens is 1. The van der Waals surface area contributed by atoms with E-state index in [1.807, 2.05) is 37.3 Å². The molecule has 160 valence electrons. The number of para-hydroxylation sites is 1. The molecule has 0 aliphatic heterocycles. The fourth-order valence-corrected chi connectivity index (χ4v) is 2.99. The van der Waals surface area contributed by atoms with E-state index in [9.17, 15) is 9.59 Å². The average molecular weight is 438 g/mol. The summed E-state index contributed by atoms with van der Waals surface area (Å²) in [4.78, 5) is 24.1. The van der Waals surface area contributed by atoms with Gasteiger partial charge in [0.2, 0.25) is 11.8 Å². The molecule has 3 aromatic carbocycles. The minimum atomic E-state index is -0.229. The molecule has 0 aliphatic rings. The number of hydrogen-bond acceptors (Lipinski definition) is 4. The monoisotopic (exact) mass is 437 g/mol. The number of hydrogen-bond donors (Lipinski definition) is 3. The van der Waals surface area contributed by atoms with E-state index in [-0.39, 0.29) is 18.4 Å². The summed E-state index contributed by atoms with van der Waals surface area (Å²) in [5.41, 5.74) is 1.84. The zero-order chi connectivity index (χ0) is 22.1. The molecule has 0 heterocycles. The standard InChI is InChI=1S/C24H24ClN3O3/c1-2-6-23(29)28-18-11-14-21(25)22(15-18)26-16-24(30)27-17-9-12-20(13-10-17)31-19-7-4-3-5-8-19/h3-5,7-15,26H,2,6,16H2,1H3,(H,27,30)(H,28,29). The number of ether oxygens (including phenoxy) is 1. The van der Waals surface area contributed by atoms with Gasteiger partial charge in [-0.15, -0.1) is 0 Å². The van der Waals surface area contributed by atoms with Crippen molar-refractivity contribution in [1.29, 1.82) is 0 Å². The molecule has 0 aliphatic carbocycles. The van der Waals surface area contributed by atoms with Crippen LogP contribution in [0, 0.1) is 0 Å². The highest BCUT2D eigenvalue weighted by atomic mass is 35.5. The molecule has 3 rings (SSSR count). The van der Waals surface area contributed by atoms with Crippen LogP contribution in [0.5, 0.6) is 11.5 Å². The van der Waals surface area contributed by atoms with Gasteiger partial charge in [-0.1, -0.05) is 36.7 Å². The molecule has 0 bridgehead atoms. The fourth-order valence-electron chi connectivity index (χ4n) is 2.80. The first-order valence-electron chi connectivity index (χ1n) is 9.99. The molecule has 0 spiro atoms. The highest BCUT2D eigenvalue weighted by molar-refractivity contribution is 6.33. The third kappa shape index (κ3) is 7.04. The predicted molar refractivity (Wildman–Crippen MR) is 125 cm³/mol. The van der Waals surface area contributed by atoms with E-state index in [2.05, 4.69) is 16.0 Å². The number of nitrogens with one attached hydrogen (secondary N) is 3. The van der Waals surface area contributed by atoms with E-state index in [1.54, 1.807) is 42.5 Å². The summed E-state index contributed by atoms with van der Waals surface area (Å²) in [7, 11) is 0. The van der Waals surface area contributed by atoms with E-state index in [4.69, 9.17) is 16.3 Å². The molecule has 0 aromatic heterocycles. The highest BCUT2D eigenvalue weighted by Crippen LogP contribution is 2.26. The fraction of sp³-hybridized carbons (Fsp3) is 0.167. The van der Waals surface area contributed by atoms with E-state index in [0.717, 1.165) is 12.2 Å². The summed E-state index contributed by atoms with van der Waals surface area (Å²) < 4.78 is 5.74. The third-order valence-corrected chi connectivity index (χ3v) is 4.61. The third-order valence-electron chi connectivity index (χ3n) is 4.28. The van der Waals surface area contributed by atoms with Crippen molar-refractivity contribution in [3.05, 3.63) is 77.8 Å². The molecular formula is C24H24ClN3O3. The maximum atomic E-state index is 12.3. The molecule has 3 N–H and O–H groups in total. The van der Waals surface area contributed by atoms with Gasteiger partial charge in [-0.05, 0) is 61.0 Å². The lowest BCUT2D eigenvalue weighted by molar-refractivity contribution is -0.116. The Bertz CT molecular complexity index is 1020. The largest absolute Gasteiger partial charge is 0.457 e. The van der Waals surface area contributed by atoms with Crippen molar-refractivity contribution in [2.75, 3.05) is 22.5 Å². The Balaban J connectivity index is 1.52. The molecule has 0 fully saturated rings. The van der Waals surface area contributed by atoms with Crippen LogP contribution in [0.1, 0.15) is 19.8 Å². The molecule has 3 aromatic rings. The second-order valence-corrected chi connectivity index (χ2v) is 7.24. The van der Waals surface area contributed by atoms with Crippen LogP contribution in [0.2, 0.25) is 5.02 Å². The van der Waals surface area contributed by atoms with Crippen LogP contribution >= 0.6 is 11.6 Å². The quantitative estimate of drug-likeness (QED) is 0.388. The van der Waals surface area contributed by atoms with Crippen molar-refractivity contribution >= 4 is 40.5 Å². The average Bonchev–Trinajstić information content (AvgIpc) is 2.76.